The zero-order valence-corrected chi connectivity index (χ0v) is 15.5. The Hall–Kier alpha value is -1.40. The first-order valence-corrected chi connectivity index (χ1v) is 9.66. The lowest BCUT2D eigenvalue weighted by molar-refractivity contribution is 0.0172. The van der Waals surface area contributed by atoms with Crippen LogP contribution in [0.25, 0.3) is 0 Å². The van der Waals surface area contributed by atoms with Gasteiger partial charge in [0.1, 0.15) is 0 Å². The monoisotopic (exact) mass is 346 g/mol. The van der Waals surface area contributed by atoms with E-state index in [4.69, 9.17) is 4.74 Å². The van der Waals surface area contributed by atoms with Gasteiger partial charge in [0.05, 0.1) is 18.4 Å². The van der Waals surface area contributed by atoms with Crippen molar-refractivity contribution >= 4 is 5.91 Å². The zero-order chi connectivity index (χ0) is 17.4. The lowest BCUT2D eigenvalue weighted by atomic mass is 9.85. The number of likely N-dealkylation sites (N-methyl/N-ethyl adjacent to an activating group) is 1. The molecule has 3 fully saturated rings. The van der Waals surface area contributed by atoms with E-state index in [-0.39, 0.29) is 11.4 Å². The van der Waals surface area contributed by atoms with E-state index in [0.717, 1.165) is 45.1 Å². The Kier molecular flexibility index (Phi) is 4.58. The minimum Gasteiger partial charge on any atom is -0.380 e. The summed E-state index contributed by atoms with van der Waals surface area (Å²) >= 11 is 0. The van der Waals surface area contributed by atoms with E-state index < -0.39 is 0 Å². The fraction of sp³-hybridized carbons (Fsp3) is 0.789. The fourth-order valence-electron chi connectivity index (χ4n) is 4.49. The first kappa shape index (κ1) is 17.0. The summed E-state index contributed by atoms with van der Waals surface area (Å²) < 4.78 is 7.64. The molecular formula is C19H30N4O2. The predicted molar refractivity (Wildman–Crippen MR) is 95.4 cm³/mol. The number of likely N-dealkylation sites (tertiary alicyclic amines) is 2. The summed E-state index contributed by atoms with van der Waals surface area (Å²) in [5, 5.41) is 4.12. The van der Waals surface area contributed by atoms with Crippen LogP contribution in [0.15, 0.2) is 12.4 Å². The third-order valence-electron chi connectivity index (χ3n) is 6.53. The van der Waals surface area contributed by atoms with Gasteiger partial charge in [-0.2, -0.15) is 5.10 Å². The van der Waals surface area contributed by atoms with Gasteiger partial charge in [0.25, 0.3) is 5.91 Å². The van der Waals surface area contributed by atoms with E-state index in [1.54, 1.807) is 10.9 Å². The van der Waals surface area contributed by atoms with Gasteiger partial charge in [-0.3, -0.25) is 14.4 Å². The van der Waals surface area contributed by atoms with Crippen molar-refractivity contribution in [3.8, 4) is 0 Å². The van der Waals surface area contributed by atoms with Crippen molar-refractivity contribution in [2.75, 3.05) is 33.4 Å². The number of nitrogens with zero attached hydrogens (tertiary/aromatic N) is 4. The third-order valence-corrected chi connectivity index (χ3v) is 6.53. The summed E-state index contributed by atoms with van der Waals surface area (Å²) in [5.74, 6) is 0.954. The summed E-state index contributed by atoms with van der Waals surface area (Å²) in [7, 11) is 4.11. The second-order valence-electron chi connectivity index (χ2n) is 8.20. The second-order valence-corrected chi connectivity index (χ2v) is 8.20. The van der Waals surface area contributed by atoms with E-state index in [1.807, 2.05) is 18.1 Å². The van der Waals surface area contributed by atoms with Gasteiger partial charge < -0.3 is 9.64 Å². The van der Waals surface area contributed by atoms with Gasteiger partial charge in [-0.25, -0.2) is 0 Å². The topological polar surface area (TPSA) is 50.6 Å². The number of piperidine rings is 1. The normalized spacial score (nSPS) is 26.5. The molecule has 1 atom stereocenters. The van der Waals surface area contributed by atoms with Crippen molar-refractivity contribution in [1.82, 2.24) is 19.6 Å². The molecule has 3 heterocycles. The Morgan fingerprint density at radius 3 is 2.60 bits per heavy atom. The Morgan fingerprint density at radius 2 is 1.96 bits per heavy atom. The van der Waals surface area contributed by atoms with Crippen LogP contribution in [0.4, 0.5) is 0 Å². The van der Waals surface area contributed by atoms with E-state index in [2.05, 4.69) is 17.0 Å². The predicted octanol–water partition coefficient (Wildman–Crippen LogP) is 1.92. The van der Waals surface area contributed by atoms with E-state index in [9.17, 15) is 4.79 Å². The minimum atomic E-state index is 0.118. The molecule has 0 bridgehead atoms. The number of aryl methyl sites for hydroxylation is 1. The summed E-state index contributed by atoms with van der Waals surface area (Å²) in [6.45, 7) is 3.50. The third kappa shape index (κ3) is 3.47. The average Bonchev–Trinajstić information content (AvgIpc) is 3.27. The first-order valence-electron chi connectivity index (χ1n) is 9.66. The smallest absolute Gasteiger partial charge is 0.257 e. The van der Waals surface area contributed by atoms with Crippen LogP contribution < -0.4 is 0 Å². The van der Waals surface area contributed by atoms with Crippen LogP contribution >= 0.6 is 0 Å². The lowest BCUT2D eigenvalue weighted by Crippen LogP contribution is -2.54. The maximum Gasteiger partial charge on any atom is 0.257 e. The van der Waals surface area contributed by atoms with Crippen LogP contribution in [-0.4, -0.2) is 70.4 Å². The molecule has 6 heteroatoms. The van der Waals surface area contributed by atoms with Crippen molar-refractivity contribution in [3.63, 3.8) is 0 Å². The van der Waals surface area contributed by atoms with Crippen LogP contribution in [0.5, 0.6) is 0 Å². The van der Waals surface area contributed by atoms with Gasteiger partial charge in [-0.05, 0) is 51.5 Å². The second kappa shape index (κ2) is 6.72. The highest BCUT2D eigenvalue weighted by atomic mass is 16.5. The van der Waals surface area contributed by atoms with E-state index in [1.165, 1.54) is 25.7 Å². The first-order chi connectivity index (χ1) is 12.1. The molecule has 4 rings (SSSR count). The molecule has 2 saturated heterocycles. The van der Waals surface area contributed by atoms with E-state index in [0.29, 0.717) is 11.6 Å². The van der Waals surface area contributed by atoms with Gasteiger partial charge in [0.15, 0.2) is 0 Å². The Morgan fingerprint density at radius 1 is 1.20 bits per heavy atom. The Balaban J connectivity index is 1.30. The fourth-order valence-corrected chi connectivity index (χ4v) is 4.49. The van der Waals surface area contributed by atoms with Crippen LogP contribution in [0.1, 0.15) is 48.9 Å². The summed E-state index contributed by atoms with van der Waals surface area (Å²) in [6.07, 6.45) is 10.8. The molecule has 3 aliphatic rings. The van der Waals surface area contributed by atoms with Crippen molar-refractivity contribution < 1.29 is 9.53 Å². The van der Waals surface area contributed by atoms with Crippen molar-refractivity contribution in [1.29, 1.82) is 0 Å². The molecule has 138 valence electrons. The molecule has 2 aliphatic heterocycles. The number of carbonyl (C=O) groups excluding carboxylic acids is 1. The van der Waals surface area contributed by atoms with Crippen molar-refractivity contribution in [3.05, 3.63) is 18.0 Å². The zero-order valence-electron chi connectivity index (χ0n) is 15.5. The molecule has 0 radical (unpaired) electrons. The molecule has 1 amide bonds. The van der Waals surface area contributed by atoms with Gasteiger partial charge in [0, 0.05) is 44.5 Å². The van der Waals surface area contributed by atoms with E-state index >= 15 is 0 Å². The van der Waals surface area contributed by atoms with Gasteiger partial charge in [-0.15, -0.1) is 0 Å². The maximum atomic E-state index is 12.6. The number of carbonyl (C=O) groups is 1. The highest BCUT2D eigenvalue weighted by molar-refractivity contribution is 5.93. The van der Waals surface area contributed by atoms with Crippen molar-refractivity contribution in [2.24, 2.45) is 13.0 Å². The highest BCUT2D eigenvalue weighted by Gasteiger charge is 2.46. The number of amides is 1. The molecule has 6 nitrogen and oxygen atoms in total. The number of aromatic nitrogens is 2. The molecule has 1 aromatic rings. The number of rotatable bonds is 5. The maximum absolute atomic E-state index is 12.6. The molecule has 1 spiro atoms. The summed E-state index contributed by atoms with van der Waals surface area (Å²) in [6, 6.07) is 0.541. The molecule has 1 aliphatic carbocycles. The van der Waals surface area contributed by atoms with Crippen LogP contribution in [-0.2, 0) is 11.8 Å². The molecule has 25 heavy (non-hydrogen) atoms. The minimum absolute atomic E-state index is 0.118. The summed E-state index contributed by atoms with van der Waals surface area (Å²) in [4.78, 5) is 17.2. The molecule has 0 aromatic carbocycles. The largest absolute Gasteiger partial charge is 0.380 e. The Labute approximate surface area is 150 Å². The van der Waals surface area contributed by atoms with Crippen LogP contribution in [0.3, 0.4) is 0 Å². The quantitative estimate of drug-likeness (QED) is 0.817. The van der Waals surface area contributed by atoms with Crippen molar-refractivity contribution in [2.45, 2.75) is 50.1 Å². The number of hydrogen-bond acceptors (Lipinski definition) is 4. The van der Waals surface area contributed by atoms with Crippen LogP contribution in [0, 0.1) is 5.92 Å². The Bertz CT molecular complexity index is 617. The molecule has 0 N–H and O–H groups in total. The van der Waals surface area contributed by atoms with Crippen LogP contribution in [0.2, 0.25) is 0 Å². The lowest BCUT2D eigenvalue weighted by Gasteiger charge is -2.45. The standard InChI is InChI=1S/C19H30N4O2/c1-21-12-16(11-20-21)18(24)23-9-7-19(8-10-23)6-5-17(22(19)2)14-25-13-15-3-4-15/h11-12,15,17H,3-10,13-14H2,1-2H3/t17-/m1/s1. The van der Waals surface area contributed by atoms with Gasteiger partial charge in [0.2, 0.25) is 0 Å². The molecular weight excluding hydrogens is 316 g/mol. The molecule has 0 unspecified atom stereocenters. The average molecular weight is 346 g/mol. The molecule has 1 saturated carbocycles. The number of ether oxygens (including phenoxy) is 1. The highest BCUT2D eigenvalue weighted by Crippen LogP contribution is 2.41. The summed E-state index contributed by atoms with van der Waals surface area (Å²) in [5.41, 5.74) is 0.962. The van der Waals surface area contributed by atoms with Gasteiger partial charge in [-0.1, -0.05) is 0 Å². The molecule has 1 aromatic heterocycles. The number of hydrogen-bond donors (Lipinski definition) is 0. The van der Waals surface area contributed by atoms with Gasteiger partial charge >= 0.3 is 0 Å². The SMILES string of the molecule is CN1[C@@H](COCC2CC2)CCC12CCN(C(=O)c1cnn(C)c1)CC2.